The van der Waals surface area contributed by atoms with Gasteiger partial charge in [0.2, 0.25) is 5.95 Å². The van der Waals surface area contributed by atoms with E-state index in [-0.39, 0.29) is 12.1 Å². The number of anilines is 1. The molecular formula is C23H15Cl2N5O. The van der Waals surface area contributed by atoms with E-state index in [4.69, 9.17) is 27.9 Å². The van der Waals surface area contributed by atoms with Crippen molar-refractivity contribution in [3.05, 3.63) is 106 Å². The summed E-state index contributed by atoms with van der Waals surface area (Å²) >= 11 is 12.5. The van der Waals surface area contributed by atoms with Crippen LogP contribution in [0.2, 0.25) is 10.0 Å². The molecule has 0 radical (unpaired) electrons. The highest BCUT2D eigenvalue weighted by Gasteiger charge is 2.41. The van der Waals surface area contributed by atoms with Crippen LogP contribution in [-0.2, 0) is 0 Å². The second kappa shape index (κ2) is 7.11. The molecule has 0 aliphatic carbocycles. The van der Waals surface area contributed by atoms with Crippen LogP contribution in [-0.4, -0.2) is 19.7 Å². The summed E-state index contributed by atoms with van der Waals surface area (Å²) in [5.41, 5.74) is 4.77. The fraction of sp³-hybridized carbons (Fsp3) is 0.0870. The van der Waals surface area contributed by atoms with Crippen molar-refractivity contribution in [3.63, 3.8) is 0 Å². The lowest BCUT2D eigenvalue weighted by molar-refractivity contribution is 0.223. The number of nitrogens with zero attached hydrogens (tertiary/aromatic N) is 4. The van der Waals surface area contributed by atoms with Crippen LogP contribution in [0, 0.1) is 0 Å². The minimum absolute atomic E-state index is 0.254. The minimum atomic E-state index is -0.365. The Morgan fingerprint density at radius 1 is 0.968 bits per heavy atom. The van der Waals surface area contributed by atoms with Gasteiger partial charge in [0.15, 0.2) is 0 Å². The minimum Gasteiger partial charge on any atom is -0.480 e. The summed E-state index contributed by atoms with van der Waals surface area (Å²) in [7, 11) is 0. The molecule has 0 saturated carbocycles. The molecule has 0 unspecified atom stereocenters. The summed E-state index contributed by atoms with van der Waals surface area (Å²) in [4.78, 5) is 8.76. The molecule has 0 spiro atoms. The number of hydrogen-bond acceptors (Lipinski definition) is 5. The Bertz CT molecular complexity index is 1320. The quantitative estimate of drug-likeness (QED) is 0.436. The smallest absolute Gasteiger partial charge is 0.226 e. The maximum Gasteiger partial charge on any atom is 0.226 e. The molecule has 4 aromatic rings. The first-order chi connectivity index (χ1) is 15.2. The molecule has 2 atom stereocenters. The van der Waals surface area contributed by atoms with Gasteiger partial charge in [0.25, 0.3) is 0 Å². The van der Waals surface area contributed by atoms with Crippen molar-refractivity contribution in [1.29, 1.82) is 0 Å². The predicted octanol–water partition coefficient (Wildman–Crippen LogP) is 5.54. The zero-order valence-electron chi connectivity index (χ0n) is 16.0. The van der Waals surface area contributed by atoms with Crippen LogP contribution in [0.5, 0.6) is 5.75 Å². The highest BCUT2D eigenvalue weighted by atomic mass is 35.5. The molecule has 8 heteroatoms. The molecule has 0 bridgehead atoms. The average Bonchev–Trinajstić information content (AvgIpc) is 3.27. The van der Waals surface area contributed by atoms with Crippen LogP contribution in [0.3, 0.4) is 0 Å². The maximum absolute atomic E-state index is 6.54. The van der Waals surface area contributed by atoms with Gasteiger partial charge in [0.1, 0.15) is 24.2 Å². The third-order valence-corrected chi connectivity index (χ3v) is 6.04. The molecule has 6 nitrogen and oxygen atoms in total. The number of pyridine rings is 1. The molecule has 0 fully saturated rings. The monoisotopic (exact) mass is 447 g/mol. The maximum atomic E-state index is 6.54. The van der Waals surface area contributed by atoms with E-state index in [2.05, 4.69) is 20.4 Å². The molecule has 4 heterocycles. The second-order valence-corrected chi connectivity index (χ2v) is 8.24. The van der Waals surface area contributed by atoms with E-state index >= 15 is 0 Å². The number of aromatic nitrogens is 4. The highest BCUT2D eigenvalue weighted by Crippen LogP contribution is 2.50. The first-order valence-corrected chi connectivity index (χ1v) is 10.5. The largest absolute Gasteiger partial charge is 0.480 e. The molecule has 0 saturated heterocycles. The van der Waals surface area contributed by atoms with Gasteiger partial charge >= 0.3 is 0 Å². The van der Waals surface area contributed by atoms with E-state index in [0.29, 0.717) is 16.0 Å². The molecule has 1 N–H and O–H groups in total. The topological polar surface area (TPSA) is 64.9 Å². The number of ether oxygens (including phenoxy) is 1. The van der Waals surface area contributed by atoms with Crippen molar-refractivity contribution >= 4 is 34.8 Å². The Morgan fingerprint density at radius 3 is 2.61 bits per heavy atom. The first kappa shape index (κ1) is 18.4. The van der Waals surface area contributed by atoms with Gasteiger partial charge < -0.3 is 10.1 Å². The number of rotatable bonds is 2. The molecule has 2 aromatic heterocycles. The molecule has 0 amide bonds. The summed E-state index contributed by atoms with van der Waals surface area (Å²) in [6.45, 7) is 0. The number of nitrogens with one attached hydrogen (secondary N) is 1. The molecule has 6 rings (SSSR count). The van der Waals surface area contributed by atoms with E-state index in [1.807, 2.05) is 65.5 Å². The second-order valence-electron chi connectivity index (χ2n) is 7.36. The van der Waals surface area contributed by atoms with Crippen LogP contribution in [0.4, 0.5) is 5.95 Å². The normalized spacial score (nSPS) is 19.0. The Morgan fingerprint density at radius 2 is 1.81 bits per heavy atom. The lowest BCUT2D eigenvalue weighted by Crippen LogP contribution is -2.32. The number of fused-ring (bicyclic) bond motifs is 3. The molecule has 152 valence electrons. The Hall–Kier alpha value is -3.35. The Labute approximate surface area is 188 Å². The fourth-order valence-electron chi connectivity index (χ4n) is 4.21. The van der Waals surface area contributed by atoms with Gasteiger partial charge in [-0.25, -0.2) is 4.68 Å². The van der Waals surface area contributed by atoms with E-state index < -0.39 is 0 Å². The van der Waals surface area contributed by atoms with Gasteiger partial charge in [-0.15, -0.1) is 0 Å². The van der Waals surface area contributed by atoms with E-state index in [1.54, 1.807) is 12.5 Å². The van der Waals surface area contributed by atoms with Gasteiger partial charge in [0.05, 0.1) is 5.70 Å². The zero-order valence-corrected chi connectivity index (χ0v) is 17.5. The van der Waals surface area contributed by atoms with Gasteiger partial charge in [-0.05, 0) is 47.5 Å². The Kier molecular flexibility index (Phi) is 4.23. The van der Waals surface area contributed by atoms with Crippen molar-refractivity contribution < 1.29 is 4.74 Å². The molecule has 2 aliphatic heterocycles. The van der Waals surface area contributed by atoms with Crippen molar-refractivity contribution in [3.8, 4) is 5.75 Å². The summed E-state index contributed by atoms with van der Waals surface area (Å²) < 4.78 is 8.40. The van der Waals surface area contributed by atoms with Crippen LogP contribution in [0.15, 0.2) is 78.9 Å². The average molecular weight is 448 g/mol. The number of halogens is 2. The highest BCUT2D eigenvalue weighted by molar-refractivity contribution is 6.31. The fourth-order valence-corrected chi connectivity index (χ4v) is 4.51. The Balaban J connectivity index is 1.64. The SMILES string of the molecule is Clc1ccc([C@@H]2Oc3ccc(Cl)cc3C3=C2[C@H](c2cccnc2)n2ncnc2N3)cc1. The summed E-state index contributed by atoms with van der Waals surface area (Å²) in [6, 6.07) is 17.0. The van der Waals surface area contributed by atoms with Crippen molar-refractivity contribution in [1.82, 2.24) is 19.7 Å². The van der Waals surface area contributed by atoms with Crippen LogP contribution in [0.25, 0.3) is 5.70 Å². The van der Waals surface area contributed by atoms with Crippen LogP contribution >= 0.6 is 23.2 Å². The van der Waals surface area contributed by atoms with Gasteiger partial charge in [-0.3, -0.25) is 4.98 Å². The standard InChI is InChI=1S/C23H15Cl2N5O/c24-15-5-3-13(4-6-15)22-19-20(17-10-16(25)7-8-18(17)31-22)29-23-27-12-28-30(23)21(19)14-2-1-9-26-11-14/h1-12,21-22H,(H,27,28,29)/t21-,22-/m0/s1. The zero-order chi connectivity index (χ0) is 20.9. The van der Waals surface area contributed by atoms with Gasteiger partial charge in [0, 0.05) is 33.6 Å². The number of benzene rings is 2. The van der Waals surface area contributed by atoms with E-state index in [9.17, 15) is 0 Å². The number of hydrogen-bond donors (Lipinski definition) is 1. The van der Waals surface area contributed by atoms with Gasteiger partial charge in [-0.2, -0.15) is 10.1 Å². The van der Waals surface area contributed by atoms with Crippen molar-refractivity contribution in [2.45, 2.75) is 12.1 Å². The first-order valence-electron chi connectivity index (χ1n) is 9.71. The van der Waals surface area contributed by atoms with Gasteiger partial charge in [-0.1, -0.05) is 41.4 Å². The molecule has 2 aromatic carbocycles. The summed E-state index contributed by atoms with van der Waals surface area (Å²) in [6.07, 6.45) is 4.78. The van der Waals surface area contributed by atoms with Crippen molar-refractivity contribution in [2.75, 3.05) is 5.32 Å². The molecule has 31 heavy (non-hydrogen) atoms. The van der Waals surface area contributed by atoms with E-state index in [0.717, 1.165) is 33.7 Å². The van der Waals surface area contributed by atoms with E-state index in [1.165, 1.54) is 0 Å². The summed E-state index contributed by atoms with van der Waals surface area (Å²) in [5.74, 6) is 1.39. The van der Waals surface area contributed by atoms with Crippen molar-refractivity contribution in [2.24, 2.45) is 0 Å². The lowest BCUT2D eigenvalue weighted by atomic mass is 9.85. The predicted molar refractivity (Wildman–Crippen MR) is 119 cm³/mol. The third kappa shape index (κ3) is 2.99. The molecule has 2 aliphatic rings. The van der Waals surface area contributed by atoms with Crippen LogP contribution < -0.4 is 10.1 Å². The third-order valence-electron chi connectivity index (χ3n) is 5.55. The lowest BCUT2D eigenvalue weighted by Gasteiger charge is -2.38. The summed E-state index contributed by atoms with van der Waals surface area (Å²) in [5, 5.41) is 9.26. The molecular weight excluding hydrogens is 433 g/mol. The van der Waals surface area contributed by atoms with Crippen LogP contribution in [0.1, 0.15) is 28.8 Å².